The number of hydrogen-bond donors (Lipinski definition) is 0. The largest absolute Gasteiger partial charge is 0.336 e. The number of nitriles is 1. The normalized spacial score (nSPS) is 15.0. The average molecular weight is 1040 g/mol. The Morgan fingerprint density at radius 1 is 0.595 bits per heavy atom. The molecule has 11 rings (SSSR count). The maximum Gasteiger partial charge on any atom is 0.104 e. The maximum absolute atomic E-state index is 13.0. The molecule has 1 unspecified atom stereocenters. The van der Waals surface area contributed by atoms with E-state index >= 15 is 0 Å². The second-order valence-electron chi connectivity index (χ2n) is 26.2. The van der Waals surface area contributed by atoms with Crippen LogP contribution in [-0.2, 0) is 17.3 Å². The van der Waals surface area contributed by atoms with Crippen LogP contribution < -0.4 is 9.80 Å². The van der Waals surface area contributed by atoms with Gasteiger partial charge in [0.2, 0.25) is 0 Å². The molecule has 5 nitrogen and oxygen atoms in total. The van der Waals surface area contributed by atoms with Gasteiger partial charge in [0.1, 0.15) is 11.6 Å². The van der Waals surface area contributed by atoms with Gasteiger partial charge in [0.05, 0.1) is 50.4 Å². The molecule has 1 atom stereocenters. The Bertz CT molecular complexity index is 4020. The van der Waals surface area contributed by atoms with Crippen LogP contribution >= 0.6 is 0 Å². The zero-order chi connectivity index (χ0) is 56.1. The summed E-state index contributed by atoms with van der Waals surface area (Å²) < 4.78 is 4.87. The number of nitrogens with zero attached hydrogens (tertiary/aromatic N) is 5. The maximum atomic E-state index is 13.0. The van der Waals surface area contributed by atoms with Gasteiger partial charge in [-0.05, 0) is 131 Å². The van der Waals surface area contributed by atoms with Gasteiger partial charge in [0.15, 0.2) is 0 Å². The molecule has 79 heavy (non-hydrogen) atoms. The second-order valence-corrected chi connectivity index (χ2v) is 26.2. The highest BCUT2D eigenvalue weighted by Crippen LogP contribution is 2.59. The first-order valence-corrected chi connectivity index (χ1v) is 28.5. The first-order valence-electron chi connectivity index (χ1n) is 28.5. The van der Waals surface area contributed by atoms with Crippen LogP contribution in [0.15, 0.2) is 170 Å². The minimum atomic E-state index is -0.608. The van der Waals surface area contributed by atoms with E-state index in [4.69, 9.17) is 0 Å². The summed E-state index contributed by atoms with van der Waals surface area (Å²) in [7, 11) is 0. The molecule has 2 aromatic heterocycles. The molecule has 0 amide bonds. The van der Waals surface area contributed by atoms with Crippen LogP contribution in [0.3, 0.4) is 0 Å². The van der Waals surface area contributed by atoms with Crippen molar-refractivity contribution in [2.24, 2.45) is 11.3 Å². The number of benzene rings is 8. The van der Waals surface area contributed by atoms with Gasteiger partial charge in [-0.3, -0.25) is 0 Å². The minimum Gasteiger partial charge on any atom is -0.336 e. The van der Waals surface area contributed by atoms with Crippen LogP contribution in [-0.4, -0.2) is 20.7 Å². The molecule has 10 aromatic rings. The molecule has 398 valence electrons. The van der Waals surface area contributed by atoms with Crippen molar-refractivity contribution in [2.75, 3.05) is 9.80 Å². The van der Waals surface area contributed by atoms with Gasteiger partial charge in [-0.15, -0.1) is 0 Å². The van der Waals surface area contributed by atoms with Gasteiger partial charge in [0.25, 0.3) is 0 Å². The number of para-hydroxylation sites is 4. The van der Waals surface area contributed by atoms with E-state index in [0.717, 1.165) is 106 Å². The summed E-state index contributed by atoms with van der Waals surface area (Å²) in [5, 5.41) is 17.5. The fourth-order valence-corrected chi connectivity index (χ4v) is 12.6. The SMILES string of the molecule is C=Cc1cc(C(C)(C)C)ccc1N(c1c(-c2cccc(CC(C)(C)C)c2)c(N2c3ccc(C(C)(C)C)cc3C=CC2(C)C(C)C)c(-n2c3ccccc3c3ccccc32)c(C#N)c1-n1c2ccccc2c2ccccc21)C(C)C. The lowest BCUT2D eigenvalue weighted by Crippen LogP contribution is -2.48. The van der Waals surface area contributed by atoms with E-state index in [1.54, 1.807) is 0 Å². The lowest BCUT2D eigenvalue weighted by Gasteiger charge is -2.49. The fourth-order valence-electron chi connectivity index (χ4n) is 12.6. The van der Waals surface area contributed by atoms with E-state index in [1.807, 2.05) is 6.08 Å². The van der Waals surface area contributed by atoms with E-state index in [0.29, 0.717) is 5.56 Å². The van der Waals surface area contributed by atoms with Gasteiger partial charge >= 0.3 is 0 Å². The molecule has 0 spiro atoms. The first kappa shape index (κ1) is 53.0. The van der Waals surface area contributed by atoms with Crippen molar-refractivity contribution in [3.8, 4) is 28.6 Å². The smallest absolute Gasteiger partial charge is 0.104 e. The molecule has 1 aliphatic rings. The first-order chi connectivity index (χ1) is 37.6. The molecular formula is C74H77N5. The number of hydrogen-bond acceptors (Lipinski definition) is 3. The van der Waals surface area contributed by atoms with E-state index in [9.17, 15) is 5.26 Å². The summed E-state index contributed by atoms with van der Waals surface area (Å²) in [6.45, 7) is 37.0. The Balaban J connectivity index is 1.50. The topological polar surface area (TPSA) is 40.1 Å². The Kier molecular flexibility index (Phi) is 13.0. The monoisotopic (exact) mass is 1040 g/mol. The Labute approximate surface area is 469 Å². The lowest BCUT2D eigenvalue weighted by atomic mass is 9.78. The van der Waals surface area contributed by atoms with E-state index in [1.165, 1.54) is 16.7 Å². The Morgan fingerprint density at radius 3 is 1.58 bits per heavy atom. The van der Waals surface area contributed by atoms with Crippen LogP contribution in [0.1, 0.15) is 130 Å². The predicted molar refractivity (Wildman–Crippen MR) is 340 cm³/mol. The molecule has 5 heteroatoms. The number of fused-ring (bicyclic) bond motifs is 7. The van der Waals surface area contributed by atoms with E-state index < -0.39 is 5.54 Å². The summed E-state index contributed by atoms with van der Waals surface area (Å²) in [6.07, 6.45) is 7.70. The zero-order valence-corrected chi connectivity index (χ0v) is 49.0. The van der Waals surface area contributed by atoms with E-state index in [2.05, 4.69) is 298 Å². The highest BCUT2D eigenvalue weighted by Gasteiger charge is 2.44. The predicted octanol–water partition coefficient (Wildman–Crippen LogP) is 20.4. The molecule has 0 fully saturated rings. The van der Waals surface area contributed by atoms with Crippen LogP contribution in [0.4, 0.5) is 22.7 Å². The quantitative estimate of drug-likeness (QED) is 0.137. The standard InChI is InChI=1S/C74H77N5/c1-16-50-43-53(72(9,10)11)36-38-60(50)76(48(4)5)69-66(52-27-25-26-49(42-52)45-71(6,7)8)70(79-61-39-37-54(73(12,13)14)44-51(61)40-41-74(79,15)47(2)3)68(78-64-34-23-19-30-57(64)58-31-20-24-35-65(58)78)59(46-75)67(69)77-62-32-21-17-28-55(62)56-29-18-22-33-63(56)77/h16-44,47-48H,1,45H2,2-15H3. The number of aromatic nitrogens is 2. The van der Waals surface area contributed by atoms with Crippen LogP contribution in [0.25, 0.3) is 78.3 Å². The van der Waals surface area contributed by atoms with Crippen LogP contribution in [0.5, 0.6) is 0 Å². The Morgan fingerprint density at radius 2 is 1.10 bits per heavy atom. The molecule has 0 N–H and O–H groups in total. The highest BCUT2D eigenvalue weighted by molar-refractivity contribution is 6.15. The van der Waals surface area contributed by atoms with Gasteiger partial charge in [0, 0.05) is 44.5 Å². The molecule has 0 aliphatic carbocycles. The molecule has 0 saturated carbocycles. The second kappa shape index (κ2) is 19.4. The van der Waals surface area contributed by atoms with Gasteiger partial charge in [-0.2, -0.15) is 5.26 Å². The average Bonchev–Trinajstić information content (AvgIpc) is 4.16. The summed E-state index contributed by atoms with van der Waals surface area (Å²) in [5.74, 6) is 0.106. The zero-order valence-electron chi connectivity index (χ0n) is 49.0. The summed E-state index contributed by atoms with van der Waals surface area (Å²) in [5.41, 5.74) is 17.6. The third-order valence-electron chi connectivity index (χ3n) is 16.8. The van der Waals surface area contributed by atoms with Gasteiger partial charge < -0.3 is 18.9 Å². The third-order valence-corrected chi connectivity index (χ3v) is 16.8. The summed E-state index contributed by atoms with van der Waals surface area (Å²) in [4.78, 5) is 5.20. The lowest BCUT2D eigenvalue weighted by molar-refractivity contribution is 0.410. The van der Waals surface area contributed by atoms with Crippen LogP contribution in [0, 0.1) is 22.7 Å². The van der Waals surface area contributed by atoms with Crippen molar-refractivity contribution >= 4 is 78.5 Å². The molecule has 1 aliphatic heterocycles. The summed E-state index contributed by atoms with van der Waals surface area (Å²) >= 11 is 0. The van der Waals surface area contributed by atoms with Crippen molar-refractivity contribution < 1.29 is 0 Å². The number of rotatable bonds is 10. The van der Waals surface area contributed by atoms with Crippen molar-refractivity contribution in [1.29, 1.82) is 5.26 Å². The van der Waals surface area contributed by atoms with Crippen LogP contribution in [0.2, 0.25) is 0 Å². The minimum absolute atomic E-state index is 0.00637. The van der Waals surface area contributed by atoms with Crippen molar-refractivity contribution in [3.05, 3.63) is 204 Å². The van der Waals surface area contributed by atoms with Crippen molar-refractivity contribution in [3.63, 3.8) is 0 Å². The Hall–Kier alpha value is -8.07. The molecule has 0 radical (unpaired) electrons. The fraction of sp³-hybridized carbons (Fsp3) is 0.284. The molecule has 8 aromatic carbocycles. The third kappa shape index (κ3) is 8.85. The molecular weight excluding hydrogens is 959 g/mol. The summed E-state index contributed by atoms with van der Waals surface area (Å²) in [6, 6.07) is 61.4. The molecule has 0 saturated heterocycles. The number of anilines is 4. The van der Waals surface area contributed by atoms with Gasteiger partial charge in [-0.1, -0.05) is 210 Å². The van der Waals surface area contributed by atoms with E-state index in [-0.39, 0.29) is 28.2 Å². The van der Waals surface area contributed by atoms with Gasteiger partial charge in [-0.25, -0.2) is 0 Å². The molecule has 0 bridgehead atoms. The van der Waals surface area contributed by atoms with Crippen molar-refractivity contribution in [1.82, 2.24) is 9.13 Å². The van der Waals surface area contributed by atoms with Crippen molar-refractivity contribution in [2.45, 2.75) is 126 Å². The molecule has 3 heterocycles. The highest BCUT2D eigenvalue weighted by atomic mass is 15.3.